The topological polar surface area (TPSA) is 38.8 Å². The van der Waals surface area contributed by atoms with Gasteiger partial charge in [0.2, 0.25) is 0 Å². The second-order valence-corrected chi connectivity index (χ2v) is 3.56. The van der Waals surface area contributed by atoms with E-state index in [1.54, 1.807) is 26.4 Å². The predicted octanol–water partition coefficient (Wildman–Crippen LogP) is 2.36. The average Bonchev–Trinajstić information content (AvgIpc) is 2.39. The summed E-state index contributed by atoms with van der Waals surface area (Å²) in [7, 11) is 3.19. The number of anilines is 1. The molecule has 0 heterocycles. The first-order valence-corrected chi connectivity index (χ1v) is 5.67. The maximum Gasteiger partial charge on any atom is 0.150 e. The van der Waals surface area contributed by atoms with Gasteiger partial charge in [0.1, 0.15) is 23.5 Å². The molecule has 0 bridgehead atoms. The highest BCUT2D eigenvalue weighted by atomic mass is 16.5. The monoisotopic (exact) mass is 237 g/mol. The zero-order chi connectivity index (χ0) is 12.8. The highest BCUT2D eigenvalue weighted by molar-refractivity contribution is 5.81. The molecule has 0 aliphatic rings. The number of aldehydes is 1. The molecule has 4 heteroatoms. The van der Waals surface area contributed by atoms with Gasteiger partial charge in [0, 0.05) is 18.7 Å². The molecule has 0 radical (unpaired) electrons. The van der Waals surface area contributed by atoms with E-state index in [1.807, 2.05) is 0 Å². The smallest absolute Gasteiger partial charge is 0.150 e. The van der Waals surface area contributed by atoms with Gasteiger partial charge in [-0.05, 0) is 26.0 Å². The molecule has 0 fully saturated rings. The molecule has 17 heavy (non-hydrogen) atoms. The lowest BCUT2D eigenvalue weighted by Gasteiger charge is -2.25. The van der Waals surface area contributed by atoms with Crippen LogP contribution in [0.1, 0.15) is 24.2 Å². The summed E-state index contributed by atoms with van der Waals surface area (Å²) in [4.78, 5) is 13.0. The Hall–Kier alpha value is -1.71. The van der Waals surface area contributed by atoms with Gasteiger partial charge in [0.15, 0.2) is 0 Å². The molecule has 0 atom stereocenters. The van der Waals surface area contributed by atoms with Crippen molar-refractivity contribution in [3.63, 3.8) is 0 Å². The second kappa shape index (κ2) is 6.13. The molecule has 0 aliphatic heterocycles. The summed E-state index contributed by atoms with van der Waals surface area (Å²) in [5, 5.41) is 0. The van der Waals surface area contributed by atoms with Crippen molar-refractivity contribution in [2.24, 2.45) is 0 Å². The number of benzene rings is 1. The summed E-state index contributed by atoms with van der Waals surface area (Å²) in [6.07, 6.45) is 0.789. The average molecular weight is 237 g/mol. The van der Waals surface area contributed by atoms with Gasteiger partial charge in [-0.3, -0.25) is 4.79 Å². The van der Waals surface area contributed by atoms with Gasteiger partial charge >= 0.3 is 0 Å². The summed E-state index contributed by atoms with van der Waals surface area (Å²) in [5.74, 6) is 1.32. The van der Waals surface area contributed by atoms with Crippen LogP contribution in [-0.4, -0.2) is 33.6 Å². The molecule has 0 aromatic heterocycles. The van der Waals surface area contributed by atoms with Gasteiger partial charge in [-0.2, -0.15) is 0 Å². The number of hydrogen-bond donors (Lipinski definition) is 0. The summed E-state index contributed by atoms with van der Waals surface area (Å²) in [6, 6.07) is 3.45. The minimum atomic E-state index is 0.551. The van der Waals surface area contributed by atoms with Crippen molar-refractivity contribution < 1.29 is 14.3 Å². The van der Waals surface area contributed by atoms with E-state index in [0.29, 0.717) is 17.1 Å². The molecule has 0 saturated carbocycles. The first-order chi connectivity index (χ1) is 8.21. The Balaban J connectivity index is 3.38. The normalized spacial score (nSPS) is 9.88. The molecular weight excluding hydrogens is 218 g/mol. The molecule has 0 unspecified atom stereocenters. The van der Waals surface area contributed by atoms with Crippen molar-refractivity contribution in [2.75, 3.05) is 32.2 Å². The van der Waals surface area contributed by atoms with Crippen molar-refractivity contribution in [2.45, 2.75) is 13.8 Å². The standard InChI is InChI=1S/C13H19NO3/c1-5-14(6-2)13-11(16-3)7-10(9-15)8-12(13)17-4/h7-9H,5-6H2,1-4H3. The van der Waals surface area contributed by atoms with Gasteiger partial charge in [-0.25, -0.2) is 0 Å². The van der Waals surface area contributed by atoms with Crippen LogP contribution < -0.4 is 14.4 Å². The molecule has 0 aliphatic carbocycles. The number of carbonyl (C=O) groups is 1. The Kier molecular flexibility index (Phi) is 4.82. The Morgan fingerprint density at radius 3 is 1.88 bits per heavy atom. The number of methoxy groups -OCH3 is 2. The molecule has 0 saturated heterocycles. The summed E-state index contributed by atoms with van der Waals surface area (Å²) in [5.41, 5.74) is 1.44. The lowest BCUT2D eigenvalue weighted by Crippen LogP contribution is -2.23. The molecule has 1 aromatic rings. The third-order valence-corrected chi connectivity index (χ3v) is 2.72. The van der Waals surface area contributed by atoms with Crippen LogP contribution in [0.5, 0.6) is 11.5 Å². The molecule has 0 spiro atoms. The number of hydrogen-bond acceptors (Lipinski definition) is 4. The number of carbonyl (C=O) groups excluding carboxylic acids is 1. The maximum atomic E-state index is 10.8. The first-order valence-electron chi connectivity index (χ1n) is 5.67. The lowest BCUT2D eigenvalue weighted by molar-refractivity contribution is 0.112. The van der Waals surface area contributed by atoms with Gasteiger partial charge in [-0.1, -0.05) is 0 Å². The predicted molar refractivity (Wildman–Crippen MR) is 68.5 cm³/mol. The van der Waals surface area contributed by atoms with E-state index >= 15 is 0 Å². The molecule has 4 nitrogen and oxygen atoms in total. The zero-order valence-corrected chi connectivity index (χ0v) is 10.8. The van der Waals surface area contributed by atoms with Crippen LogP contribution in [0.4, 0.5) is 5.69 Å². The molecule has 1 rings (SSSR count). The van der Waals surface area contributed by atoms with Crippen LogP contribution in [-0.2, 0) is 0 Å². The summed E-state index contributed by atoms with van der Waals surface area (Å²) in [6.45, 7) is 5.83. The molecule has 0 N–H and O–H groups in total. The van der Waals surface area contributed by atoms with Crippen molar-refractivity contribution in [3.8, 4) is 11.5 Å². The maximum absolute atomic E-state index is 10.8. The van der Waals surface area contributed by atoms with E-state index in [2.05, 4.69) is 18.7 Å². The highest BCUT2D eigenvalue weighted by Gasteiger charge is 2.16. The number of rotatable bonds is 6. The Morgan fingerprint density at radius 2 is 1.59 bits per heavy atom. The van der Waals surface area contributed by atoms with E-state index in [0.717, 1.165) is 25.1 Å². The quantitative estimate of drug-likeness (QED) is 0.712. The zero-order valence-electron chi connectivity index (χ0n) is 10.8. The Bertz CT molecular complexity index is 361. The Labute approximate surface area is 102 Å². The fourth-order valence-electron chi connectivity index (χ4n) is 1.83. The van der Waals surface area contributed by atoms with Crippen molar-refractivity contribution >= 4 is 12.0 Å². The third kappa shape index (κ3) is 2.70. The van der Waals surface area contributed by atoms with Crippen LogP contribution in [0.25, 0.3) is 0 Å². The largest absolute Gasteiger partial charge is 0.494 e. The Morgan fingerprint density at radius 1 is 1.12 bits per heavy atom. The van der Waals surface area contributed by atoms with Gasteiger partial charge < -0.3 is 14.4 Å². The highest BCUT2D eigenvalue weighted by Crippen LogP contribution is 2.38. The van der Waals surface area contributed by atoms with Crippen LogP contribution in [0.2, 0.25) is 0 Å². The van der Waals surface area contributed by atoms with Crippen LogP contribution in [0.15, 0.2) is 12.1 Å². The first kappa shape index (κ1) is 13.4. The van der Waals surface area contributed by atoms with E-state index in [4.69, 9.17) is 9.47 Å². The van der Waals surface area contributed by atoms with Crippen molar-refractivity contribution in [1.82, 2.24) is 0 Å². The van der Waals surface area contributed by atoms with Gasteiger partial charge in [0.25, 0.3) is 0 Å². The van der Waals surface area contributed by atoms with Crippen molar-refractivity contribution in [1.29, 1.82) is 0 Å². The number of nitrogens with zero attached hydrogens (tertiary/aromatic N) is 1. The second-order valence-electron chi connectivity index (χ2n) is 3.56. The van der Waals surface area contributed by atoms with E-state index in [1.165, 1.54) is 0 Å². The SMILES string of the molecule is CCN(CC)c1c(OC)cc(C=O)cc1OC. The van der Waals surface area contributed by atoms with Crippen LogP contribution >= 0.6 is 0 Å². The van der Waals surface area contributed by atoms with Crippen LogP contribution in [0, 0.1) is 0 Å². The minimum Gasteiger partial charge on any atom is -0.494 e. The lowest BCUT2D eigenvalue weighted by atomic mass is 10.1. The molecule has 94 valence electrons. The fourth-order valence-corrected chi connectivity index (χ4v) is 1.83. The minimum absolute atomic E-state index is 0.551. The fraction of sp³-hybridized carbons (Fsp3) is 0.462. The van der Waals surface area contributed by atoms with E-state index in [9.17, 15) is 4.79 Å². The third-order valence-electron chi connectivity index (χ3n) is 2.72. The molecule has 1 aromatic carbocycles. The summed E-state index contributed by atoms with van der Waals surface area (Å²) < 4.78 is 10.7. The van der Waals surface area contributed by atoms with Gasteiger partial charge in [0.05, 0.1) is 14.2 Å². The van der Waals surface area contributed by atoms with E-state index in [-0.39, 0.29) is 0 Å². The van der Waals surface area contributed by atoms with Crippen molar-refractivity contribution in [3.05, 3.63) is 17.7 Å². The molecule has 0 amide bonds. The van der Waals surface area contributed by atoms with E-state index < -0.39 is 0 Å². The molecular formula is C13H19NO3. The number of ether oxygens (including phenoxy) is 2. The van der Waals surface area contributed by atoms with Crippen LogP contribution in [0.3, 0.4) is 0 Å². The summed E-state index contributed by atoms with van der Waals surface area (Å²) >= 11 is 0. The van der Waals surface area contributed by atoms with Gasteiger partial charge in [-0.15, -0.1) is 0 Å².